The van der Waals surface area contributed by atoms with E-state index < -0.39 is 6.04 Å². The number of fused-ring (bicyclic) bond motifs is 1. The Hall–Kier alpha value is -3.38. The van der Waals surface area contributed by atoms with Crippen molar-refractivity contribution in [3.63, 3.8) is 0 Å². The summed E-state index contributed by atoms with van der Waals surface area (Å²) in [5.74, 6) is -0.311. The second-order valence-electron chi connectivity index (χ2n) is 7.65. The van der Waals surface area contributed by atoms with Crippen molar-refractivity contribution in [1.82, 2.24) is 10.3 Å². The zero-order chi connectivity index (χ0) is 22.0. The molecule has 0 bridgehead atoms. The molecule has 158 valence electrons. The zero-order valence-corrected chi connectivity index (χ0v) is 18.1. The number of nitrogens with one attached hydrogen (secondary N) is 1. The van der Waals surface area contributed by atoms with Crippen LogP contribution in [0.5, 0.6) is 0 Å². The Kier molecular flexibility index (Phi) is 5.91. The Morgan fingerprint density at radius 2 is 1.81 bits per heavy atom. The van der Waals surface area contributed by atoms with E-state index in [1.165, 1.54) is 0 Å². The molecule has 0 aliphatic carbocycles. The van der Waals surface area contributed by atoms with E-state index in [1.54, 1.807) is 47.5 Å². The highest BCUT2D eigenvalue weighted by Crippen LogP contribution is 2.38. The number of aromatic nitrogens is 1. The highest BCUT2D eigenvalue weighted by atomic mass is 35.5. The van der Waals surface area contributed by atoms with Gasteiger partial charge in [-0.25, -0.2) is 0 Å². The average Bonchev–Trinajstić information content (AvgIpc) is 3.05. The summed E-state index contributed by atoms with van der Waals surface area (Å²) < 4.78 is 0. The molecular formula is C24H23ClN4O2. The van der Waals surface area contributed by atoms with E-state index in [4.69, 9.17) is 11.6 Å². The molecule has 0 spiro atoms. The number of carbonyl (C=O) groups is 2. The maximum absolute atomic E-state index is 13.1. The number of pyridine rings is 1. The van der Waals surface area contributed by atoms with E-state index in [0.717, 1.165) is 11.3 Å². The third-order valence-electron chi connectivity index (χ3n) is 5.34. The molecule has 1 N–H and O–H groups in total. The fourth-order valence-electron chi connectivity index (χ4n) is 3.70. The molecule has 0 radical (unpaired) electrons. The number of anilines is 2. The first-order chi connectivity index (χ1) is 14.9. The molecule has 1 unspecified atom stereocenters. The number of hydrogen-bond donors (Lipinski definition) is 1. The van der Waals surface area contributed by atoms with Crippen LogP contribution in [0.3, 0.4) is 0 Å². The van der Waals surface area contributed by atoms with E-state index in [0.29, 0.717) is 28.5 Å². The van der Waals surface area contributed by atoms with Crippen molar-refractivity contribution < 1.29 is 9.59 Å². The molecular weight excluding hydrogens is 412 g/mol. The number of benzene rings is 2. The van der Waals surface area contributed by atoms with Gasteiger partial charge in [-0.3, -0.25) is 19.5 Å². The van der Waals surface area contributed by atoms with Crippen LogP contribution in [0.1, 0.15) is 34.1 Å². The van der Waals surface area contributed by atoms with Crippen LogP contribution in [0.4, 0.5) is 11.4 Å². The normalized spacial score (nSPS) is 15.0. The number of hydrogen-bond acceptors (Lipinski definition) is 4. The fourth-order valence-corrected chi connectivity index (χ4v) is 3.83. The molecule has 1 aliphatic rings. The lowest BCUT2D eigenvalue weighted by atomic mass is 10.1. The smallest absolute Gasteiger partial charge is 0.260 e. The topological polar surface area (TPSA) is 65.5 Å². The lowest BCUT2D eigenvalue weighted by Gasteiger charge is -2.24. The van der Waals surface area contributed by atoms with Crippen LogP contribution < -0.4 is 15.1 Å². The Balaban J connectivity index is 1.50. The predicted molar refractivity (Wildman–Crippen MR) is 122 cm³/mol. The summed E-state index contributed by atoms with van der Waals surface area (Å²) in [6.45, 7) is 0.420. The van der Waals surface area contributed by atoms with E-state index in [-0.39, 0.29) is 18.2 Å². The maximum atomic E-state index is 13.1. The molecule has 1 atom stereocenters. The minimum Gasteiger partial charge on any atom is -0.378 e. The minimum absolute atomic E-state index is 0.119. The summed E-state index contributed by atoms with van der Waals surface area (Å²) in [6.07, 6.45) is 1.77. The Morgan fingerprint density at radius 1 is 1.10 bits per heavy atom. The quantitative estimate of drug-likeness (QED) is 0.631. The van der Waals surface area contributed by atoms with Gasteiger partial charge in [0.25, 0.3) is 5.91 Å². The van der Waals surface area contributed by atoms with E-state index in [9.17, 15) is 9.59 Å². The molecule has 3 aromatic rings. The summed E-state index contributed by atoms with van der Waals surface area (Å²) in [7, 11) is 3.97. The van der Waals surface area contributed by atoms with Gasteiger partial charge < -0.3 is 10.2 Å². The third kappa shape index (κ3) is 4.39. The summed E-state index contributed by atoms with van der Waals surface area (Å²) in [5, 5.41) is 3.55. The van der Waals surface area contributed by atoms with Crippen molar-refractivity contribution in [2.24, 2.45) is 0 Å². The summed E-state index contributed by atoms with van der Waals surface area (Å²) >= 11 is 6.01. The molecule has 7 heteroatoms. The van der Waals surface area contributed by atoms with Gasteiger partial charge in [0.15, 0.2) is 0 Å². The fraction of sp³-hybridized carbons (Fsp3) is 0.208. The van der Waals surface area contributed by atoms with Crippen molar-refractivity contribution in [3.05, 3.63) is 88.7 Å². The Bertz CT molecular complexity index is 1100. The highest BCUT2D eigenvalue weighted by Gasteiger charge is 2.39. The highest BCUT2D eigenvalue weighted by molar-refractivity contribution is 6.30. The largest absolute Gasteiger partial charge is 0.378 e. The van der Waals surface area contributed by atoms with Gasteiger partial charge in [-0.15, -0.1) is 0 Å². The number of halogens is 1. The number of nitrogens with zero attached hydrogens (tertiary/aromatic N) is 3. The predicted octanol–water partition coefficient (Wildman–Crippen LogP) is 4.21. The second kappa shape index (κ2) is 8.78. The zero-order valence-electron chi connectivity index (χ0n) is 17.4. The van der Waals surface area contributed by atoms with E-state index in [2.05, 4.69) is 10.3 Å². The molecule has 2 amide bonds. The minimum atomic E-state index is -0.471. The molecule has 31 heavy (non-hydrogen) atoms. The summed E-state index contributed by atoms with van der Waals surface area (Å²) in [6, 6.07) is 18.0. The summed E-state index contributed by atoms with van der Waals surface area (Å²) in [4.78, 5) is 33.9. The molecule has 1 aromatic heterocycles. The van der Waals surface area contributed by atoms with Crippen LogP contribution in [-0.4, -0.2) is 30.9 Å². The van der Waals surface area contributed by atoms with Gasteiger partial charge in [-0.05, 0) is 54.1 Å². The van der Waals surface area contributed by atoms with Gasteiger partial charge in [0.2, 0.25) is 5.91 Å². The molecule has 0 saturated carbocycles. The van der Waals surface area contributed by atoms with E-state index in [1.807, 2.05) is 43.3 Å². The number of carbonyl (C=O) groups excluding carboxylic acids is 2. The molecule has 0 saturated heterocycles. The molecule has 2 heterocycles. The lowest BCUT2D eigenvalue weighted by molar-refractivity contribution is -0.121. The lowest BCUT2D eigenvalue weighted by Crippen LogP contribution is -2.32. The van der Waals surface area contributed by atoms with E-state index >= 15 is 0 Å². The third-order valence-corrected chi connectivity index (χ3v) is 5.59. The number of amides is 2. The Morgan fingerprint density at radius 3 is 2.48 bits per heavy atom. The van der Waals surface area contributed by atoms with Crippen LogP contribution in [0.2, 0.25) is 5.02 Å². The van der Waals surface area contributed by atoms with Gasteiger partial charge in [-0.2, -0.15) is 0 Å². The number of rotatable bonds is 6. The van der Waals surface area contributed by atoms with Crippen LogP contribution in [0.15, 0.2) is 66.9 Å². The van der Waals surface area contributed by atoms with Crippen LogP contribution in [0, 0.1) is 0 Å². The first-order valence-electron chi connectivity index (χ1n) is 10.0. The van der Waals surface area contributed by atoms with Gasteiger partial charge in [-0.1, -0.05) is 23.7 Å². The summed E-state index contributed by atoms with van der Waals surface area (Å²) in [5.41, 5.74) is 3.93. The standard InChI is InChI=1S/C24H23ClN4O2/c1-28(2)18-9-5-16(6-10-18)15-27-22(30)14-21-23-20(4-3-13-26-23)24(31)29(21)19-11-7-17(25)8-12-19/h3-13,21H,14-15H2,1-2H3,(H,27,30). The van der Waals surface area contributed by atoms with Crippen molar-refractivity contribution in [2.45, 2.75) is 19.0 Å². The Labute approximate surface area is 186 Å². The molecule has 4 rings (SSSR count). The van der Waals surface area contributed by atoms with Gasteiger partial charge in [0, 0.05) is 43.2 Å². The molecule has 0 fully saturated rings. The molecule has 6 nitrogen and oxygen atoms in total. The van der Waals surface area contributed by atoms with Gasteiger partial charge >= 0.3 is 0 Å². The monoisotopic (exact) mass is 434 g/mol. The average molecular weight is 435 g/mol. The first-order valence-corrected chi connectivity index (χ1v) is 10.4. The van der Waals surface area contributed by atoms with Crippen molar-refractivity contribution in [1.29, 1.82) is 0 Å². The van der Waals surface area contributed by atoms with Crippen LogP contribution in [0.25, 0.3) is 0 Å². The molecule has 1 aliphatic heterocycles. The first kappa shape index (κ1) is 20.9. The second-order valence-corrected chi connectivity index (χ2v) is 8.08. The van der Waals surface area contributed by atoms with Crippen molar-refractivity contribution >= 4 is 34.8 Å². The van der Waals surface area contributed by atoms with Crippen molar-refractivity contribution in [2.75, 3.05) is 23.9 Å². The van der Waals surface area contributed by atoms with Crippen molar-refractivity contribution in [3.8, 4) is 0 Å². The van der Waals surface area contributed by atoms with Gasteiger partial charge in [0.05, 0.1) is 23.7 Å². The van der Waals surface area contributed by atoms with Crippen LogP contribution >= 0.6 is 11.6 Å². The van der Waals surface area contributed by atoms with Crippen LogP contribution in [-0.2, 0) is 11.3 Å². The maximum Gasteiger partial charge on any atom is 0.260 e. The molecule has 2 aromatic carbocycles. The van der Waals surface area contributed by atoms with Gasteiger partial charge in [0.1, 0.15) is 0 Å². The SMILES string of the molecule is CN(C)c1ccc(CNC(=O)CC2c3ncccc3C(=O)N2c2ccc(Cl)cc2)cc1.